The molecule has 2 aromatic carbocycles. The second kappa shape index (κ2) is 8.81. The summed E-state index contributed by atoms with van der Waals surface area (Å²) in [5.41, 5.74) is 2.30. The van der Waals surface area contributed by atoms with E-state index in [9.17, 15) is 5.11 Å². The molecule has 6 heteroatoms. The number of hydrazone groups is 1. The van der Waals surface area contributed by atoms with E-state index in [1.165, 1.54) is 0 Å². The van der Waals surface area contributed by atoms with Crippen LogP contribution in [-0.2, 0) is 0 Å². The van der Waals surface area contributed by atoms with Crippen LogP contribution < -0.4 is 9.75 Å². The van der Waals surface area contributed by atoms with Gasteiger partial charge in [-0.2, -0.15) is 5.10 Å². The van der Waals surface area contributed by atoms with Crippen LogP contribution >= 0.6 is 0 Å². The number of aromatic hydroxyl groups is 1. The average Bonchev–Trinajstić information content (AvgIpc) is 2.71. The zero-order chi connectivity index (χ0) is 19.9. The first-order chi connectivity index (χ1) is 13.6. The van der Waals surface area contributed by atoms with Crippen molar-refractivity contribution in [1.29, 1.82) is 0 Å². The van der Waals surface area contributed by atoms with Gasteiger partial charge in [-0.3, -0.25) is 5.01 Å². The van der Waals surface area contributed by atoms with Crippen molar-refractivity contribution in [1.82, 2.24) is 9.97 Å². The largest absolute Gasteiger partial charge is 0.507 e. The van der Waals surface area contributed by atoms with Gasteiger partial charge in [0.2, 0.25) is 0 Å². The summed E-state index contributed by atoms with van der Waals surface area (Å²) in [6.07, 6.45) is 3.45. The summed E-state index contributed by atoms with van der Waals surface area (Å²) in [5.74, 6) is 2.01. The van der Waals surface area contributed by atoms with Gasteiger partial charge >= 0.3 is 0 Å². The third-order valence-electron chi connectivity index (χ3n) is 3.95. The predicted octanol–water partition coefficient (Wildman–Crippen LogP) is 4.19. The molecule has 142 valence electrons. The van der Waals surface area contributed by atoms with Crippen LogP contribution in [0.4, 0.5) is 5.82 Å². The number of nitrogens with zero attached hydrogens (tertiary/aromatic N) is 4. The normalized spacial score (nSPS) is 10.8. The minimum absolute atomic E-state index is 0.143. The molecule has 6 nitrogen and oxygen atoms in total. The molecule has 0 saturated heterocycles. The fraction of sp³-hybridized carbons (Fsp3) is 0.136. The van der Waals surface area contributed by atoms with Crippen LogP contribution in [0.5, 0.6) is 11.5 Å². The highest BCUT2D eigenvalue weighted by Crippen LogP contribution is 2.27. The van der Waals surface area contributed by atoms with Crippen molar-refractivity contribution in [3.05, 3.63) is 78.5 Å². The SMILES string of the molecule is C=CCOc1ccc(/C=N/N(C)c2cc(C)nc(-c3ccccc3O)n2)cc1. The molecule has 1 heterocycles. The lowest BCUT2D eigenvalue weighted by Crippen LogP contribution is -2.12. The number of hydrogen-bond donors (Lipinski definition) is 1. The van der Waals surface area contributed by atoms with Crippen LogP contribution in [0.25, 0.3) is 11.4 Å². The number of hydrogen-bond acceptors (Lipinski definition) is 6. The second-order valence-corrected chi connectivity index (χ2v) is 6.15. The summed E-state index contributed by atoms with van der Waals surface area (Å²) in [7, 11) is 1.81. The standard InChI is InChI=1S/C22H22N4O2/c1-4-13-28-18-11-9-17(10-12-18)15-23-26(3)21-14-16(2)24-22(25-21)19-7-5-6-8-20(19)27/h4-12,14-15,27H,1,13H2,2-3H3/b23-15+. The number of ether oxygens (including phenoxy) is 1. The van der Waals surface area contributed by atoms with Crippen molar-refractivity contribution in [3.8, 4) is 22.9 Å². The Kier molecular flexibility index (Phi) is 6.01. The zero-order valence-corrected chi connectivity index (χ0v) is 15.9. The molecule has 0 atom stereocenters. The number of anilines is 1. The Morgan fingerprint density at radius 3 is 2.61 bits per heavy atom. The van der Waals surface area contributed by atoms with E-state index < -0.39 is 0 Å². The van der Waals surface area contributed by atoms with Crippen LogP contribution in [0.1, 0.15) is 11.3 Å². The first kappa shape index (κ1) is 19.1. The number of aryl methyl sites for hydroxylation is 1. The molecule has 0 aliphatic rings. The number of aromatic nitrogens is 2. The molecule has 0 spiro atoms. The van der Waals surface area contributed by atoms with Gasteiger partial charge < -0.3 is 9.84 Å². The van der Waals surface area contributed by atoms with Crippen molar-refractivity contribution in [3.63, 3.8) is 0 Å². The van der Waals surface area contributed by atoms with Crippen LogP contribution in [0.2, 0.25) is 0 Å². The lowest BCUT2D eigenvalue weighted by Gasteiger charge is -2.14. The lowest BCUT2D eigenvalue weighted by molar-refractivity contribution is 0.363. The molecule has 0 aliphatic heterocycles. The van der Waals surface area contributed by atoms with E-state index in [4.69, 9.17) is 4.74 Å². The van der Waals surface area contributed by atoms with Crippen molar-refractivity contribution in [2.24, 2.45) is 5.10 Å². The van der Waals surface area contributed by atoms with Crippen molar-refractivity contribution < 1.29 is 9.84 Å². The van der Waals surface area contributed by atoms with E-state index in [-0.39, 0.29) is 5.75 Å². The molecule has 1 aromatic heterocycles. The summed E-state index contributed by atoms with van der Waals surface area (Å²) in [5, 5.41) is 16.2. The van der Waals surface area contributed by atoms with Crippen LogP contribution in [0, 0.1) is 6.92 Å². The number of phenols is 1. The van der Waals surface area contributed by atoms with Crippen molar-refractivity contribution in [2.75, 3.05) is 18.7 Å². The quantitative estimate of drug-likeness (QED) is 0.381. The Hall–Kier alpha value is -3.67. The molecule has 0 radical (unpaired) electrons. The highest BCUT2D eigenvalue weighted by molar-refractivity contribution is 5.80. The first-order valence-electron chi connectivity index (χ1n) is 8.82. The Morgan fingerprint density at radius 2 is 1.89 bits per heavy atom. The third-order valence-corrected chi connectivity index (χ3v) is 3.95. The summed E-state index contributed by atoms with van der Waals surface area (Å²) in [4.78, 5) is 8.97. The molecule has 28 heavy (non-hydrogen) atoms. The van der Waals surface area contributed by atoms with Gasteiger partial charge in [0.15, 0.2) is 11.6 Å². The van der Waals surface area contributed by atoms with Gasteiger partial charge in [-0.25, -0.2) is 9.97 Å². The van der Waals surface area contributed by atoms with Gasteiger partial charge in [-0.05, 0) is 48.9 Å². The molecule has 0 saturated carbocycles. The minimum atomic E-state index is 0.143. The minimum Gasteiger partial charge on any atom is -0.507 e. The number of para-hydroxylation sites is 1. The molecular formula is C22H22N4O2. The van der Waals surface area contributed by atoms with E-state index in [0.29, 0.717) is 23.8 Å². The van der Waals surface area contributed by atoms with Gasteiger partial charge in [0.1, 0.15) is 18.1 Å². The molecule has 0 unspecified atom stereocenters. The maximum atomic E-state index is 10.1. The molecule has 0 amide bonds. The Labute approximate surface area is 164 Å². The fourth-order valence-corrected chi connectivity index (χ4v) is 2.52. The summed E-state index contributed by atoms with van der Waals surface area (Å²) in [6.45, 7) is 5.99. The number of rotatable bonds is 7. The van der Waals surface area contributed by atoms with Gasteiger partial charge in [-0.1, -0.05) is 24.8 Å². The lowest BCUT2D eigenvalue weighted by atomic mass is 10.2. The van der Waals surface area contributed by atoms with Crippen LogP contribution in [0.3, 0.4) is 0 Å². The first-order valence-corrected chi connectivity index (χ1v) is 8.82. The molecule has 0 aliphatic carbocycles. The van der Waals surface area contributed by atoms with Gasteiger partial charge in [0.05, 0.1) is 11.8 Å². The zero-order valence-electron chi connectivity index (χ0n) is 15.9. The maximum absolute atomic E-state index is 10.1. The Balaban J connectivity index is 1.79. The molecule has 0 fully saturated rings. The Bertz CT molecular complexity index is 984. The fourth-order valence-electron chi connectivity index (χ4n) is 2.52. The van der Waals surface area contributed by atoms with E-state index >= 15 is 0 Å². The highest BCUT2D eigenvalue weighted by atomic mass is 16.5. The smallest absolute Gasteiger partial charge is 0.165 e. The van der Waals surface area contributed by atoms with Gasteiger partial charge in [0, 0.05) is 18.8 Å². The van der Waals surface area contributed by atoms with Gasteiger partial charge in [0.25, 0.3) is 0 Å². The molecule has 0 bridgehead atoms. The monoisotopic (exact) mass is 374 g/mol. The van der Waals surface area contributed by atoms with E-state index in [1.807, 2.05) is 50.4 Å². The van der Waals surface area contributed by atoms with Crippen LogP contribution in [0.15, 0.2) is 72.4 Å². The maximum Gasteiger partial charge on any atom is 0.165 e. The van der Waals surface area contributed by atoms with E-state index in [2.05, 4.69) is 21.6 Å². The van der Waals surface area contributed by atoms with E-state index in [1.54, 1.807) is 35.5 Å². The topological polar surface area (TPSA) is 70.8 Å². The summed E-state index contributed by atoms with van der Waals surface area (Å²) >= 11 is 0. The third kappa shape index (κ3) is 4.73. The molecule has 3 rings (SSSR count). The summed E-state index contributed by atoms with van der Waals surface area (Å²) < 4.78 is 5.47. The Morgan fingerprint density at radius 1 is 1.14 bits per heavy atom. The van der Waals surface area contributed by atoms with Gasteiger partial charge in [-0.15, -0.1) is 0 Å². The van der Waals surface area contributed by atoms with Crippen molar-refractivity contribution in [2.45, 2.75) is 6.92 Å². The van der Waals surface area contributed by atoms with Crippen LogP contribution in [-0.4, -0.2) is 34.9 Å². The van der Waals surface area contributed by atoms with Crippen molar-refractivity contribution >= 4 is 12.0 Å². The molecular weight excluding hydrogens is 352 g/mol. The number of phenolic OH excluding ortho intramolecular Hbond substituents is 1. The predicted molar refractivity (Wildman–Crippen MR) is 112 cm³/mol. The molecule has 3 aromatic rings. The highest BCUT2D eigenvalue weighted by Gasteiger charge is 2.10. The van der Waals surface area contributed by atoms with E-state index in [0.717, 1.165) is 17.0 Å². The average molecular weight is 374 g/mol. The molecule has 1 N–H and O–H groups in total. The second-order valence-electron chi connectivity index (χ2n) is 6.15. The number of benzene rings is 2. The summed E-state index contributed by atoms with van der Waals surface area (Å²) in [6, 6.07) is 16.5.